The van der Waals surface area contributed by atoms with Crippen molar-refractivity contribution in [3.05, 3.63) is 71.8 Å². The number of hydrogen-bond donors (Lipinski definition) is 3. The molecule has 0 aromatic heterocycles. The zero-order chi connectivity index (χ0) is 31.1. The number of benzene rings is 2. The minimum absolute atomic E-state index is 0.0547. The van der Waals surface area contributed by atoms with Gasteiger partial charge in [0.25, 0.3) is 0 Å². The molecule has 2 rings (SSSR count). The van der Waals surface area contributed by atoms with Crippen molar-refractivity contribution in [3.8, 4) is 0 Å². The van der Waals surface area contributed by atoms with Crippen molar-refractivity contribution in [1.29, 1.82) is 0 Å². The maximum absolute atomic E-state index is 12.8. The molecule has 2 amide bonds. The van der Waals surface area contributed by atoms with Crippen LogP contribution in [0.25, 0.3) is 0 Å². The second-order valence-electron chi connectivity index (χ2n) is 10.3. The number of ether oxygens (including phenoxy) is 4. The third-order valence-corrected chi connectivity index (χ3v) is 5.51. The minimum Gasteiger partial charge on any atom is -0.463 e. The van der Waals surface area contributed by atoms with Crippen molar-refractivity contribution in [2.24, 2.45) is 5.92 Å². The molecule has 0 saturated heterocycles. The van der Waals surface area contributed by atoms with Gasteiger partial charge in [-0.05, 0) is 38.8 Å². The third kappa shape index (κ3) is 12.8. The van der Waals surface area contributed by atoms with E-state index in [0.717, 1.165) is 5.56 Å². The number of aliphatic hydroxyl groups is 1. The summed E-state index contributed by atoms with van der Waals surface area (Å²) in [6.07, 6.45) is -3.24. The molecule has 0 aliphatic carbocycles. The highest BCUT2D eigenvalue weighted by Crippen LogP contribution is 2.16. The van der Waals surface area contributed by atoms with Crippen LogP contribution in [0, 0.1) is 5.92 Å². The van der Waals surface area contributed by atoms with E-state index in [4.69, 9.17) is 18.9 Å². The monoisotopic (exact) mass is 586 g/mol. The number of nitrogens with one attached hydrogen (secondary N) is 2. The Morgan fingerprint density at radius 1 is 0.810 bits per heavy atom. The normalized spacial score (nSPS) is 13.1. The Balaban J connectivity index is 1.92. The fourth-order valence-electron chi connectivity index (χ4n) is 3.43. The largest absolute Gasteiger partial charge is 0.463 e. The predicted molar refractivity (Wildman–Crippen MR) is 149 cm³/mol. The number of hydrogen-bond acceptors (Lipinski definition) is 10. The third-order valence-electron chi connectivity index (χ3n) is 5.51. The Labute approximate surface area is 244 Å². The van der Waals surface area contributed by atoms with Crippen molar-refractivity contribution in [3.63, 3.8) is 0 Å². The van der Waals surface area contributed by atoms with Crippen LogP contribution in [0.2, 0.25) is 0 Å². The maximum Gasteiger partial charge on any atom is 0.408 e. The SMILES string of the molecule is C[C@H](NC(=O)OC(C)(C)C)C(=O)NCCOC(=O)C(C(=O)OCc1ccccc1)[C@@H](O)CC(=O)OCc1ccccc1. The summed E-state index contributed by atoms with van der Waals surface area (Å²) >= 11 is 0. The molecule has 0 fully saturated rings. The van der Waals surface area contributed by atoms with Gasteiger partial charge in [-0.3, -0.25) is 19.2 Å². The number of carbonyl (C=O) groups excluding carboxylic acids is 5. The first-order chi connectivity index (χ1) is 19.9. The predicted octanol–water partition coefficient (Wildman–Crippen LogP) is 2.41. The fraction of sp³-hybridized carbons (Fsp3) is 0.433. The molecule has 228 valence electrons. The molecule has 12 nitrogen and oxygen atoms in total. The molecule has 12 heteroatoms. The molecule has 0 aliphatic heterocycles. The first kappa shape index (κ1) is 33.8. The molecule has 0 aliphatic rings. The Bertz CT molecular complexity index is 1180. The first-order valence-corrected chi connectivity index (χ1v) is 13.4. The highest BCUT2D eigenvalue weighted by molar-refractivity contribution is 5.96. The molecular formula is C30H38N2O10. The molecule has 0 heterocycles. The average Bonchev–Trinajstić information content (AvgIpc) is 2.93. The standard InChI is InChI=1S/C30H38N2O10/c1-20(32-29(38)42-30(2,3)4)26(35)31-15-16-39-27(36)25(28(37)41-19-22-13-9-6-10-14-22)23(33)17-24(34)40-18-21-11-7-5-8-12-21/h5-14,20,23,25,33H,15-19H2,1-4H3,(H,31,35)(H,32,38)/t20-,23-,25?/m0/s1. The highest BCUT2D eigenvalue weighted by atomic mass is 16.6. The second-order valence-corrected chi connectivity index (χ2v) is 10.3. The average molecular weight is 587 g/mol. The van der Waals surface area contributed by atoms with Crippen LogP contribution in [0.4, 0.5) is 4.79 Å². The molecule has 3 N–H and O–H groups in total. The van der Waals surface area contributed by atoms with Crippen LogP contribution in [0.1, 0.15) is 45.2 Å². The van der Waals surface area contributed by atoms with E-state index >= 15 is 0 Å². The molecule has 0 spiro atoms. The summed E-state index contributed by atoms with van der Waals surface area (Å²) in [7, 11) is 0. The van der Waals surface area contributed by atoms with Gasteiger partial charge in [-0.1, -0.05) is 60.7 Å². The lowest BCUT2D eigenvalue weighted by atomic mass is 10.00. The van der Waals surface area contributed by atoms with Crippen LogP contribution in [0.5, 0.6) is 0 Å². The summed E-state index contributed by atoms with van der Waals surface area (Å²) in [4.78, 5) is 62.1. The van der Waals surface area contributed by atoms with Gasteiger partial charge >= 0.3 is 24.0 Å². The zero-order valence-electron chi connectivity index (χ0n) is 24.2. The van der Waals surface area contributed by atoms with Gasteiger partial charge in [-0.25, -0.2) is 4.79 Å². The molecule has 3 atom stereocenters. The summed E-state index contributed by atoms with van der Waals surface area (Å²) in [5, 5.41) is 15.5. The minimum atomic E-state index is -1.85. The van der Waals surface area contributed by atoms with E-state index in [1.807, 2.05) is 0 Å². The lowest BCUT2D eigenvalue weighted by Gasteiger charge is -2.22. The van der Waals surface area contributed by atoms with Gasteiger partial charge in [0.1, 0.15) is 31.5 Å². The van der Waals surface area contributed by atoms with E-state index in [9.17, 15) is 29.1 Å². The van der Waals surface area contributed by atoms with Crippen LogP contribution < -0.4 is 10.6 Å². The van der Waals surface area contributed by atoms with Crippen LogP contribution in [-0.4, -0.2) is 65.9 Å². The molecular weight excluding hydrogens is 548 g/mol. The van der Waals surface area contributed by atoms with Crippen molar-refractivity contribution >= 4 is 29.9 Å². The van der Waals surface area contributed by atoms with Crippen LogP contribution >= 0.6 is 0 Å². The molecule has 42 heavy (non-hydrogen) atoms. The summed E-state index contributed by atoms with van der Waals surface area (Å²) in [6, 6.07) is 16.6. The van der Waals surface area contributed by atoms with Crippen LogP contribution in [-0.2, 0) is 51.3 Å². The van der Waals surface area contributed by atoms with Gasteiger partial charge in [0.15, 0.2) is 5.92 Å². The van der Waals surface area contributed by atoms with Crippen molar-refractivity contribution < 1.29 is 48.0 Å². The van der Waals surface area contributed by atoms with Gasteiger partial charge < -0.3 is 34.7 Å². The highest BCUT2D eigenvalue weighted by Gasteiger charge is 2.38. The van der Waals surface area contributed by atoms with Gasteiger partial charge in [-0.15, -0.1) is 0 Å². The van der Waals surface area contributed by atoms with Crippen LogP contribution in [0.3, 0.4) is 0 Å². The maximum atomic E-state index is 12.8. The number of carbonyl (C=O) groups is 5. The molecule has 2 aromatic carbocycles. The molecule has 0 bridgehead atoms. The van der Waals surface area contributed by atoms with Crippen molar-refractivity contribution in [2.75, 3.05) is 13.2 Å². The summed E-state index contributed by atoms with van der Waals surface area (Å²) in [6.45, 7) is 5.73. The quantitative estimate of drug-likeness (QED) is 0.129. The Hall–Kier alpha value is -4.45. The van der Waals surface area contributed by atoms with Gasteiger partial charge in [0, 0.05) is 0 Å². The Kier molecular flexibility index (Phi) is 13.4. The summed E-state index contributed by atoms with van der Waals surface area (Å²) < 4.78 is 20.6. The summed E-state index contributed by atoms with van der Waals surface area (Å²) in [5.41, 5.74) is 0.624. The topological polar surface area (TPSA) is 167 Å². The van der Waals surface area contributed by atoms with E-state index in [0.29, 0.717) is 5.56 Å². The van der Waals surface area contributed by atoms with E-state index in [2.05, 4.69) is 10.6 Å². The van der Waals surface area contributed by atoms with E-state index < -0.39 is 60.0 Å². The number of aliphatic hydroxyl groups excluding tert-OH is 1. The Morgan fingerprint density at radius 2 is 1.33 bits per heavy atom. The first-order valence-electron chi connectivity index (χ1n) is 13.4. The molecule has 0 radical (unpaired) electrons. The van der Waals surface area contributed by atoms with E-state index in [1.165, 1.54) is 6.92 Å². The number of amides is 2. The second kappa shape index (κ2) is 16.7. The smallest absolute Gasteiger partial charge is 0.408 e. The van der Waals surface area contributed by atoms with Gasteiger partial charge in [0.2, 0.25) is 5.91 Å². The molecule has 2 aromatic rings. The molecule has 0 saturated carbocycles. The summed E-state index contributed by atoms with van der Waals surface area (Å²) in [5.74, 6) is -5.49. The van der Waals surface area contributed by atoms with Crippen molar-refractivity contribution in [2.45, 2.75) is 65.1 Å². The lowest BCUT2D eigenvalue weighted by molar-refractivity contribution is -0.169. The lowest BCUT2D eigenvalue weighted by Crippen LogP contribution is -2.47. The number of rotatable bonds is 14. The molecule has 1 unspecified atom stereocenters. The number of esters is 3. The van der Waals surface area contributed by atoms with Gasteiger partial charge in [0.05, 0.1) is 19.1 Å². The van der Waals surface area contributed by atoms with Gasteiger partial charge in [-0.2, -0.15) is 0 Å². The zero-order valence-corrected chi connectivity index (χ0v) is 24.2. The fourth-order valence-corrected chi connectivity index (χ4v) is 3.43. The number of alkyl carbamates (subject to hydrolysis) is 1. The van der Waals surface area contributed by atoms with E-state index in [-0.39, 0.29) is 26.4 Å². The van der Waals surface area contributed by atoms with Crippen LogP contribution in [0.15, 0.2) is 60.7 Å². The Morgan fingerprint density at radius 3 is 1.88 bits per heavy atom. The van der Waals surface area contributed by atoms with Crippen molar-refractivity contribution in [1.82, 2.24) is 10.6 Å². The van der Waals surface area contributed by atoms with E-state index in [1.54, 1.807) is 81.4 Å².